The summed E-state index contributed by atoms with van der Waals surface area (Å²) in [5.41, 5.74) is 2.25. The number of hydrogen-bond donors (Lipinski definition) is 1. The van der Waals surface area contributed by atoms with Gasteiger partial charge in [0, 0.05) is 31.6 Å². The molecule has 2 aliphatic rings. The minimum absolute atomic E-state index is 0.139. The van der Waals surface area contributed by atoms with Crippen molar-refractivity contribution in [3.05, 3.63) is 17.7 Å². The molecule has 0 saturated heterocycles. The Hall–Kier alpha value is -1.52. The van der Waals surface area contributed by atoms with Crippen LogP contribution >= 0.6 is 0 Å². The Kier molecular flexibility index (Phi) is 3.71. The summed E-state index contributed by atoms with van der Waals surface area (Å²) in [6.07, 6.45) is 9.10. The predicted octanol–water partition coefficient (Wildman–Crippen LogP) is 2.28. The summed E-state index contributed by atoms with van der Waals surface area (Å²) in [6, 6.07) is 0. The van der Waals surface area contributed by atoms with Crippen molar-refractivity contribution in [3.63, 3.8) is 0 Å². The summed E-state index contributed by atoms with van der Waals surface area (Å²) >= 11 is 0. The number of imidazole rings is 1. The van der Waals surface area contributed by atoms with Crippen LogP contribution in [0.5, 0.6) is 0 Å². The van der Waals surface area contributed by atoms with Crippen molar-refractivity contribution >= 4 is 6.09 Å². The molecule has 1 aromatic rings. The largest absolute Gasteiger partial charge is 0.446 e. The minimum atomic E-state index is -0.142. The van der Waals surface area contributed by atoms with Crippen LogP contribution in [-0.2, 0) is 17.6 Å². The van der Waals surface area contributed by atoms with Gasteiger partial charge in [0.25, 0.3) is 0 Å². The van der Waals surface area contributed by atoms with Gasteiger partial charge >= 0.3 is 6.09 Å². The van der Waals surface area contributed by atoms with Gasteiger partial charge in [0.05, 0.1) is 12.0 Å². The van der Waals surface area contributed by atoms with Crippen molar-refractivity contribution in [2.75, 3.05) is 13.1 Å². The molecule has 2 heterocycles. The molecule has 5 heteroatoms. The number of aromatic nitrogens is 2. The summed E-state index contributed by atoms with van der Waals surface area (Å²) in [5, 5.41) is 0. The van der Waals surface area contributed by atoms with Crippen LogP contribution in [0.4, 0.5) is 4.79 Å². The number of nitrogens with zero attached hydrogens (tertiary/aromatic N) is 2. The van der Waals surface area contributed by atoms with Crippen LogP contribution in [0, 0.1) is 0 Å². The van der Waals surface area contributed by atoms with Gasteiger partial charge in [0.2, 0.25) is 0 Å². The molecule has 0 atom stereocenters. The summed E-state index contributed by atoms with van der Waals surface area (Å²) in [5.74, 6) is 0. The van der Waals surface area contributed by atoms with E-state index >= 15 is 0 Å². The lowest BCUT2D eigenvalue weighted by atomic mass is 9.98. The molecule has 5 nitrogen and oxygen atoms in total. The second kappa shape index (κ2) is 5.63. The van der Waals surface area contributed by atoms with Crippen molar-refractivity contribution in [1.29, 1.82) is 0 Å². The molecular formula is C14H21N3O2. The molecule has 0 spiro atoms. The molecule has 3 rings (SSSR count). The Labute approximate surface area is 113 Å². The third-order valence-corrected chi connectivity index (χ3v) is 4.14. The smallest absolute Gasteiger partial charge is 0.410 e. The Morgan fingerprint density at radius 3 is 2.89 bits per heavy atom. The molecule has 0 bridgehead atoms. The average Bonchev–Trinajstić information content (AvgIpc) is 2.78. The number of carbonyl (C=O) groups is 1. The van der Waals surface area contributed by atoms with Gasteiger partial charge in [0.15, 0.2) is 0 Å². The van der Waals surface area contributed by atoms with Crippen molar-refractivity contribution in [1.82, 2.24) is 14.9 Å². The molecular weight excluding hydrogens is 242 g/mol. The SMILES string of the molecule is O=C(OC1CCCCC1)N1CCc2nc[nH]c2CC1. The first-order valence-corrected chi connectivity index (χ1v) is 7.29. The first kappa shape index (κ1) is 12.5. The third kappa shape index (κ3) is 2.91. The van der Waals surface area contributed by atoms with E-state index in [1.165, 1.54) is 19.3 Å². The monoisotopic (exact) mass is 263 g/mol. The van der Waals surface area contributed by atoms with Gasteiger partial charge in [-0.15, -0.1) is 0 Å². The fraction of sp³-hybridized carbons (Fsp3) is 0.714. The lowest BCUT2D eigenvalue weighted by molar-refractivity contribution is 0.0467. The summed E-state index contributed by atoms with van der Waals surface area (Å²) in [7, 11) is 0. The van der Waals surface area contributed by atoms with E-state index in [9.17, 15) is 4.79 Å². The van der Waals surface area contributed by atoms with E-state index < -0.39 is 0 Å². The molecule has 0 radical (unpaired) electrons. The highest BCUT2D eigenvalue weighted by Crippen LogP contribution is 2.21. The highest BCUT2D eigenvalue weighted by atomic mass is 16.6. The summed E-state index contributed by atoms with van der Waals surface area (Å²) < 4.78 is 5.62. The zero-order valence-corrected chi connectivity index (χ0v) is 11.2. The number of nitrogens with one attached hydrogen (secondary N) is 1. The van der Waals surface area contributed by atoms with Crippen LogP contribution in [-0.4, -0.2) is 40.2 Å². The number of H-pyrrole nitrogens is 1. The zero-order chi connectivity index (χ0) is 13.1. The van der Waals surface area contributed by atoms with Crippen molar-refractivity contribution in [2.45, 2.75) is 51.0 Å². The molecule has 1 amide bonds. The van der Waals surface area contributed by atoms with Crippen LogP contribution in [0.25, 0.3) is 0 Å². The quantitative estimate of drug-likeness (QED) is 0.845. The Morgan fingerprint density at radius 1 is 1.26 bits per heavy atom. The maximum absolute atomic E-state index is 12.2. The normalized spacial score (nSPS) is 20.7. The van der Waals surface area contributed by atoms with Gasteiger partial charge in [-0.3, -0.25) is 0 Å². The van der Waals surface area contributed by atoms with E-state index in [0.29, 0.717) is 6.54 Å². The van der Waals surface area contributed by atoms with Crippen molar-refractivity contribution in [2.24, 2.45) is 0 Å². The molecule has 1 N–H and O–H groups in total. The van der Waals surface area contributed by atoms with E-state index in [0.717, 1.165) is 43.6 Å². The second-order valence-corrected chi connectivity index (χ2v) is 5.46. The maximum atomic E-state index is 12.2. The minimum Gasteiger partial charge on any atom is -0.446 e. The molecule has 104 valence electrons. The number of ether oxygens (including phenoxy) is 1. The van der Waals surface area contributed by atoms with E-state index in [1.807, 2.05) is 4.90 Å². The number of carbonyl (C=O) groups excluding carboxylic acids is 1. The molecule has 0 unspecified atom stereocenters. The Bertz CT molecular complexity index is 415. The third-order valence-electron chi connectivity index (χ3n) is 4.14. The number of aromatic amines is 1. The molecule has 1 aromatic heterocycles. The molecule has 1 saturated carbocycles. The number of rotatable bonds is 1. The van der Waals surface area contributed by atoms with Crippen LogP contribution in [0.1, 0.15) is 43.5 Å². The van der Waals surface area contributed by atoms with Gasteiger partial charge < -0.3 is 14.6 Å². The predicted molar refractivity (Wildman–Crippen MR) is 70.9 cm³/mol. The zero-order valence-electron chi connectivity index (χ0n) is 11.2. The Morgan fingerprint density at radius 2 is 2.05 bits per heavy atom. The second-order valence-electron chi connectivity index (χ2n) is 5.46. The number of fused-ring (bicyclic) bond motifs is 1. The van der Waals surface area contributed by atoms with Gasteiger partial charge in [-0.1, -0.05) is 6.42 Å². The number of amides is 1. The van der Waals surface area contributed by atoms with E-state index in [-0.39, 0.29) is 12.2 Å². The fourth-order valence-corrected chi connectivity index (χ4v) is 2.96. The van der Waals surface area contributed by atoms with Crippen LogP contribution in [0.15, 0.2) is 6.33 Å². The topological polar surface area (TPSA) is 58.2 Å². The maximum Gasteiger partial charge on any atom is 0.410 e. The highest BCUT2D eigenvalue weighted by molar-refractivity contribution is 5.68. The van der Waals surface area contributed by atoms with E-state index in [2.05, 4.69) is 9.97 Å². The average molecular weight is 263 g/mol. The summed E-state index contributed by atoms with van der Waals surface area (Å²) in [6.45, 7) is 1.43. The molecule has 1 aliphatic carbocycles. The first-order chi connectivity index (χ1) is 9.33. The van der Waals surface area contributed by atoms with Crippen LogP contribution in [0.3, 0.4) is 0 Å². The van der Waals surface area contributed by atoms with Gasteiger partial charge in [-0.05, 0) is 25.7 Å². The molecule has 19 heavy (non-hydrogen) atoms. The Balaban J connectivity index is 1.54. The van der Waals surface area contributed by atoms with Crippen LogP contribution in [0.2, 0.25) is 0 Å². The van der Waals surface area contributed by atoms with E-state index in [1.54, 1.807) is 6.33 Å². The fourth-order valence-electron chi connectivity index (χ4n) is 2.96. The van der Waals surface area contributed by atoms with E-state index in [4.69, 9.17) is 4.74 Å². The first-order valence-electron chi connectivity index (χ1n) is 7.29. The van der Waals surface area contributed by atoms with Gasteiger partial charge in [-0.25, -0.2) is 9.78 Å². The standard InChI is InChI=1S/C14H21N3O2/c18-14(19-11-4-2-1-3-5-11)17-8-6-12-13(7-9-17)16-10-15-12/h10-11H,1-9H2,(H,15,16). The molecule has 1 fully saturated rings. The van der Waals surface area contributed by atoms with Gasteiger partial charge in [0.1, 0.15) is 6.10 Å². The lowest BCUT2D eigenvalue weighted by Gasteiger charge is -2.26. The molecule has 0 aromatic carbocycles. The van der Waals surface area contributed by atoms with Crippen molar-refractivity contribution < 1.29 is 9.53 Å². The van der Waals surface area contributed by atoms with Crippen LogP contribution < -0.4 is 0 Å². The highest BCUT2D eigenvalue weighted by Gasteiger charge is 2.24. The van der Waals surface area contributed by atoms with Gasteiger partial charge in [-0.2, -0.15) is 0 Å². The molecule has 1 aliphatic heterocycles. The van der Waals surface area contributed by atoms with Crippen molar-refractivity contribution in [3.8, 4) is 0 Å². The lowest BCUT2D eigenvalue weighted by Crippen LogP contribution is -2.36. The number of hydrogen-bond acceptors (Lipinski definition) is 3. The summed E-state index contributed by atoms with van der Waals surface area (Å²) in [4.78, 5) is 21.4.